The SMILES string of the molecule is CCCNC(=O)[C@@H]1CN(CC(=O)NCCc2cccc(Cl)c2)c2ccccc2O1. The topological polar surface area (TPSA) is 70.7 Å². The zero-order chi connectivity index (χ0) is 20.6. The van der Waals surface area contributed by atoms with Gasteiger partial charge in [-0.05, 0) is 42.7 Å². The van der Waals surface area contributed by atoms with Crippen LogP contribution in [0.2, 0.25) is 5.02 Å². The molecule has 0 aromatic heterocycles. The molecule has 1 aliphatic rings. The van der Waals surface area contributed by atoms with Crippen molar-refractivity contribution < 1.29 is 14.3 Å². The first-order chi connectivity index (χ1) is 14.1. The minimum absolute atomic E-state index is 0.101. The second kappa shape index (κ2) is 10.2. The fourth-order valence-electron chi connectivity index (χ4n) is 3.22. The molecule has 0 radical (unpaired) electrons. The number of amides is 2. The van der Waals surface area contributed by atoms with Crippen LogP contribution < -0.4 is 20.3 Å². The van der Waals surface area contributed by atoms with Crippen LogP contribution in [0, 0.1) is 0 Å². The molecule has 6 nitrogen and oxygen atoms in total. The van der Waals surface area contributed by atoms with Gasteiger partial charge in [-0.3, -0.25) is 9.59 Å². The van der Waals surface area contributed by atoms with E-state index in [9.17, 15) is 9.59 Å². The van der Waals surface area contributed by atoms with E-state index in [1.807, 2.05) is 60.4 Å². The van der Waals surface area contributed by atoms with E-state index in [-0.39, 0.29) is 18.4 Å². The highest BCUT2D eigenvalue weighted by Crippen LogP contribution is 2.32. The van der Waals surface area contributed by atoms with E-state index >= 15 is 0 Å². The van der Waals surface area contributed by atoms with Crippen LogP contribution in [0.15, 0.2) is 48.5 Å². The highest BCUT2D eigenvalue weighted by molar-refractivity contribution is 6.30. The molecule has 1 aliphatic heterocycles. The molecule has 0 bridgehead atoms. The van der Waals surface area contributed by atoms with E-state index in [4.69, 9.17) is 16.3 Å². The number of para-hydroxylation sites is 2. The number of carbonyl (C=O) groups is 2. The summed E-state index contributed by atoms with van der Waals surface area (Å²) in [6.07, 6.45) is 0.915. The summed E-state index contributed by atoms with van der Waals surface area (Å²) in [6, 6.07) is 15.1. The van der Waals surface area contributed by atoms with Crippen LogP contribution in [-0.2, 0) is 16.0 Å². The minimum atomic E-state index is -0.643. The van der Waals surface area contributed by atoms with E-state index in [0.717, 1.165) is 17.7 Å². The highest BCUT2D eigenvalue weighted by atomic mass is 35.5. The molecular weight excluding hydrogens is 390 g/mol. The Morgan fingerprint density at radius 1 is 1.14 bits per heavy atom. The van der Waals surface area contributed by atoms with Crippen molar-refractivity contribution in [3.8, 4) is 5.75 Å². The van der Waals surface area contributed by atoms with Crippen molar-refractivity contribution in [1.82, 2.24) is 10.6 Å². The van der Waals surface area contributed by atoms with Crippen LogP contribution in [0.3, 0.4) is 0 Å². The molecule has 0 unspecified atom stereocenters. The molecule has 29 heavy (non-hydrogen) atoms. The molecule has 2 N–H and O–H groups in total. The number of nitrogens with one attached hydrogen (secondary N) is 2. The Balaban J connectivity index is 1.59. The number of hydrogen-bond donors (Lipinski definition) is 2. The number of anilines is 1. The van der Waals surface area contributed by atoms with Crippen molar-refractivity contribution >= 4 is 29.1 Å². The van der Waals surface area contributed by atoms with Crippen molar-refractivity contribution in [3.05, 3.63) is 59.1 Å². The third kappa shape index (κ3) is 5.87. The molecule has 0 saturated heterocycles. The van der Waals surface area contributed by atoms with Crippen LogP contribution >= 0.6 is 11.6 Å². The van der Waals surface area contributed by atoms with E-state index in [1.54, 1.807) is 0 Å². The Bertz CT molecular complexity index is 859. The van der Waals surface area contributed by atoms with E-state index in [1.165, 1.54) is 0 Å². The molecule has 7 heteroatoms. The van der Waals surface area contributed by atoms with Crippen LogP contribution in [0.1, 0.15) is 18.9 Å². The van der Waals surface area contributed by atoms with Gasteiger partial charge in [0.1, 0.15) is 5.75 Å². The largest absolute Gasteiger partial charge is 0.477 e. The summed E-state index contributed by atoms with van der Waals surface area (Å²) in [5, 5.41) is 6.49. The Morgan fingerprint density at radius 2 is 1.97 bits per heavy atom. The van der Waals surface area contributed by atoms with Gasteiger partial charge in [-0.25, -0.2) is 0 Å². The van der Waals surface area contributed by atoms with Crippen molar-refractivity contribution in [2.24, 2.45) is 0 Å². The molecule has 0 aliphatic carbocycles. The van der Waals surface area contributed by atoms with Crippen LogP contribution in [0.5, 0.6) is 5.75 Å². The summed E-state index contributed by atoms with van der Waals surface area (Å²) < 4.78 is 5.85. The quantitative estimate of drug-likeness (QED) is 0.695. The molecule has 2 amide bonds. The normalized spacial score (nSPS) is 15.2. The number of fused-ring (bicyclic) bond motifs is 1. The van der Waals surface area contributed by atoms with Gasteiger partial charge >= 0.3 is 0 Å². The average Bonchev–Trinajstić information content (AvgIpc) is 2.72. The van der Waals surface area contributed by atoms with E-state index in [0.29, 0.717) is 36.8 Å². The van der Waals surface area contributed by atoms with E-state index < -0.39 is 6.10 Å². The van der Waals surface area contributed by atoms with Gasteiger partial charge in [0.25, 0.3) is 5.91 Å². The molecular formula is C22H26ClN3O3. The Morgan fingerprint density at radius 3 is 2.76 bits per heavy atom. The predicted octanol–water partition coefficient (Wildman–Crippen LogP) is 2.79. The number of halogens is 1. The summed E-state index contributed by atoms with van der Waals surface area (Å²) in [7, 11) is 0. The number of rotatable bonds is 8. The zero-order valence-electron chi connectivity index (χ0n) is 16.5. The van der Waals surface area contributed by atoms with Gasteiger partial charge in [0.15, 0.2) is 6.10 Å². The molecule has 0 saturated carbocycles. The number of benzene rings is 2. The lowest BCUT2D eigenvalue weighted by atomic mass is 10.1. The van der Waals surface area contributed by atoms with Gasteiger partial charge in [0.05, 0.1) is 18.8 Å². The average molecular weight is 416 g/mol. The first-order valence-corrected chi connectivity index (χ1v) is 10.2. The lowest BCUT2D eigenvalue weighted by molar-refractivity contribution is -0.128. The molecule has 0 spiro atoms. The Labute approximate surface area is 176 Å². The smallest absolute Gasteiger partial charge is 0.262 e. The molecule has 3 rings (SSSR count). The van der Waals surface area contributed by atoms with Gasteiger partial charge in [-0.2, -0.15) is 0 Å². The second-order valence-electron chi connectivity index (χ2n) is 6.98. The second-order valence-corrected chi connectivity index (χ2v) is 7.41. The molecule has 0 fully saturated rings. The van der Waals surface area contributed by atoms with Gasteiger partial charge in [0.2, 0.25) is 5.91 Å². The summed E-state index contributed by atoms with van der Waals surface area (Å²) in [5.41, 5.74) is 1.89. The summed E-state index contributed by atoms with van der Waals surface area (Å²) >= 11 is 6.00. The number of carbonyl (C=O) groups excluding carboxylic acids is 2. The highest BCUT2D eigenvalue weighted by Gasteiger charge is 2.31. The first kappa shape index (κ1) is 21.0. The third-order valence-electron chi connectivity index (χ3n) is 4.66. The molecule has 1 heterocycles. The van der Waals surface area contributed by atoms with Crippen molar-refractivity contribution in [2.75, 3.05) is 31.1 Å². The summed E-state index contributed by atoms with van der Waals surface area (Å²) in [5.74, 6) is 0.353. The van der Waals surface area contributed by atoms with Crippen LogP contribution in [-0.4, -0.2) is 44.1 Å². The number of nitrogens with zero attached hydrogens (tertiary/aromatic N) is 1. The van der Waals surface area contributed by atoms with Gasteiger partial charge in [0, 0.05) is 18.1 Å². The predicted molar refractivity (Wildman–Crippen MR) is 115 cm³/mol. The van der Waals surface area contributed by atoms with Gasteiger partial charge in [-0.15, -0.1) is 0 Å². The lowest BCUT2D eigenvalue weighted by Crippen LogP contribution is -2.51. The van der Waals surface area contributed by atoms with Crippen LogP contribution in [0.4, 0.5) is 5.69 Å². The maximum Gasteiger partial charge on any atom is 0.262 e. The molecule has 154 valence electrons. The Hall–Kier alpha value is -2.73. The Kier molecular flexibility index (Phi) is 7.36. The van der Waals surface area contributed by atoms with E-state index in [2.05, 4.69) is 10.6 Å². The standard InChI is InChI=1S/C22H26ClN3O3/c1-2-11-25-22(28)20-14-26(18-8-3-4-9-19(18)29-20)15-21(27)24-12-10-16-6-5-7-17(23)13-16/h3-9,13,20H,2,10-12,14-15H2,1H3,(H,24,27)(H,25,28)/t20-/m0/s1. The summed E-state index contributed by atoms with van der Waals surface area (Å²) in [4.78, 5) is 26.8. The first-order valence-electron chi connectivity index (χ1n) is 9.86. The maximum atomic E-state index is 12.5. The third-order valence-corrected chi connectivity index (χ3v) is 4.90. The lowest BCUT2D eigenvalue weighted by Gasteiger charge is -2.35. The maximum absolute atomic E-state index is 12.5. The molecule has 2 aromatic rings. The number of hydrogen-bond acceptors (Lipinski definition) is 4. The van der Waals surface area contributed by atoms with Crippen molar-refractivity contribution in [3.63, 3.8) is 0 Å². The minimum Gasteiger partial charge on any atom is -0.477 e. The summed E-state index contributed by atoms with van der Waals surface area (Å²) in [6.45, 7) is 3.61. The van der Waals surface area contributed by atoms with Crippen LogP contribution in [0.25, 0.3) is 0 Å². The fourth-order valence-corrected chi connectivity index (χ4v) is 3.44. The zero-order valence-corrected chi connectivity index (χ0v) is 17.2. The van der Waals surface area contributed by atoms with Crippen molar-refractivity contribution in [1.29, 1.82) is 0 Å². The number of ether oxygens (including phenoxy) is 1. The van der Waals surface area contributed by atoms with Gasteiger partial charge in [-0.1, -0.05) is 42.8 Å². The molecule has 1 atom stereocenters. The van der Waals surface area contributed by atoms with Crippen molar-refractivity contribution in [2.45, 2.75) is 25.9 Å². The molecule has 2 aromatic carbocycles. The fraction of sp³-hybridized carbons (Fsp3) is 0.364. The monoisotopic (exact) mass is 415 g/mol. The van der Waals surface area contributed by atoms with Gasteiger partial charge < -0.3 is 20.3 Å².